The largest absolute Gasteiger partial charge is 0.480 e. The molecule has 0 aromatic rings. The summed E-state index contributed by atoms with van der Waals surface area (Å²) < 4.78 is 5.20. The highest BCUT2D eigenvalue weighted by Gasteiger charge is 2.41. The summed E-state index contributed by atoms with van der Waals surface area (Å²) in [6.07, 6.45) is 6.94. The molecule has 110 valence electrons. The van der Waals surface area contributed by atoms with Crippen LogP contribution in [0, 0.1) is 11.8 Å². The third-order valence-electron chi connectivity index (χ3n) is 4.76. The van der Waals surface area contributed by atoms with E-state index < -0.39 is 5.97 Å². The predicted molar refractivity (Wildman–Crippen MR) is 74.1 cm³/mol. The monoisotopic (exact) mass is 269 g/mol. The molecule has 4 nitrogen and oxygen atoms in total. The zero-order valence-corrected chi connectivity index (χ0v) is 12.2. The second-order valence-corrected chi connectivity index (χ2v) is 6.30. The molecule has 1 saturated carbocycles. The number of fused-ring (bicyclic) bond motifs is 1. The first-order chi connectivity index (χ1) is 9.13. The van der Waals surface area contributed by atoms with Gasteiger partial charge in [0.2, 0.25) is 0 Å². The first-order valence-electron chi connectivity index (χ1n) is 7.61. The Morgan fingerprint density at radius 1 is 1.32 bits per heavy atom. The summed E-state index contributed by atoms with van der Waals surface area (Å²) in [7, 11) is 1.71. The van der Waals surface area contributed by atoms with E-state index >= 15 is 0 Å². The van der Waals surface area contributed by atoms with Crippen LogP contribution in [0.5, 0.6) is 0 Å². The molecule has 4 heteroatoms. The van der Waals surface area contributed by atoms with Crippen LogP contribution in [0.3, 0.4) is 0 Å². The van der Waals surface area contributed by atoms with Crippen molar-refractivity contribution in [3.05, 3.63) is 0 Å². The van der Waals surface area contributed by atoms with E-state index in [-0.39, 0.29) is 6.04 Å². The van der Waals surface area contributed by atoms with Gasteiger partial charge in [-0.2, -0.15) is 0 Å². The molecule has 0 bridgehead atoms. The minimum Gasteiger partial charge on any atom is -0.480 e. The van der Waals surface area contributed by atoms with Gasteiger partial charge in [0, 0.05) is 26.3 Å². The van der Waals surface area contributed by atoms with Crippen molar-refractivity contribution in [2.75, 3.05) is 20.3 Å². The third-order valence-corrected chi connectivity index (χ3v) is 4.76. The van der Waals surface area contributed by atoms with Crippen molar-refractivity contribution in [1.29, 1.82) is 0 Å². The van der Waals surface area contributed by atoms with Crippen LogP contribution >= 0.6 is 0 Å². The first kappa shape index (κ1) is 14.8. The Morgan fingerprint density at radius 3 is 2.74 bits per heavy atom. The number of carboxylic acids is 1. The van der Waals surface area contributed by atoms with E-state index in [0.29, 0.717) is 18.6 Å². The molecule has 0 aromatic heterocycles. The molecule has 19 heavy (non-hydrogen) atoms. The van der Waals surface area contributed by atoms with Crippen molar-refractivity contribution in [1.82, 2.24) is 4.90 Å². The Kier molecular flexibility index (Phi) is 5.22. The smallest absolute Gasteiger partial charge is 0.320 e. The minimum atomic E-state index is -0.645. The summed E-state index contributed by atoms with van der Waals surface area (Å²) in [4.78, 5) is 13.8. The molecule has 0 amide bonds. The molecule has 0 aromatic carbocycles. The molecule has 1 saturated heterocycles. The van der Waals surface area contributed by atoms with Crippen molar-refractivity contribution in [2.24, 2.45) is 11.8 Å². The second kappa shape index (κ2) is 6.71. The number of ether oxygens (including phenoxy) is 1. The van der Waals surface area contributed by atoms with Crippen LogP contribution in [0.15, 0.2) is 0 Å². The highest BCUT2D eigenvalue weighted by Crippen LogP contribution is 2.38. The zero-order chi connectivity index (χ0) is 13.8. The SMILES string of the molecule is COCC(C)CN1C(C(=O)O)CCC2CCCCC21. The van der Waals surface area contributed by atoms with Gasteiger partial charge in [-0.25, -0.2) is 0 Å². The van der Waals surface area contributed by atoms with Gasteiger partial charge in [-0.1, -0.05) is 19.8 Å². The fourth-order valence-electron chi connectivity index (χ4n) is 3.96. The molecule has 2 rings (SSSR count). The molecule has 1 heterocycles. The van der Waals surface area contributed by atoms with Crippen molar-refractivity contribution in [2.45, 2.75) is 57.5 Å². The van der Waals surface area contributed by atoms with E-state index in [9.17, 15) is 9.90 Å². The summed E-state index contributed by atoms with van der Waals surface area (Å²) in [6, 6.07) is 0.210. The lowest BCUT2D eigenvalue weighted by Crippen LogP contribution is -2.56. The number of methoxy groups -OCH3 is 1. The number of likely N-dealkylation sites (tertiary alicyclic amines) is 1. The predicted octanol–water partition coefficient (Wildman–Crippen LogP) is 2.38. The van der Waals surface area contributed by atoms with E-state index in [1.165, 1.54) is 25.7 Å². The number of aliphatic carboxylic acids is 1. The Morgan fingerprint density at radius 2 is 2.05 bits per heavy atom. The van der Waals surface area contributed by atoms with E-state index in [1.54, 1.807) is 7.11 Å². The summed E-state index contributed by atoms with van der Waals surface area (Å²) in [5, 5.41) is 9.47. The van der Waals surface area contributed by atoms with Crippen molar-refractivity contribution in [3.8, 4) is 0 Å². The summed E-state index contributed by atoms with van der Waals surface area (Å²) in [5.74, 6) is 0.472. The number of carboxylic acid groups (broad SMARTS) is 1. The lowest BCUT2D eigenvalue weighted by atomic mass is 9.76. The Bertz CT molecular complexity index is 308. The van der Waals surface area contributed by atoms with Crippen molar-refractivity contribution in [3.63, 3.8) is 0 Å². The van der Waals surface area contributed by atoms with Gasteiger partial charge in [0.15, 0.2) is 0 Å². The van der Waals surface area contributed by atoms with Gasteiger partial charge >= 0.3 is 5.97 Å². The van der Waals surface area contributed by atoms with Gasteiger partial charge < -0.3 is 9.84 Å². The van der Waals surface area contributed by atoms with Gasteiger partial charge in [-0.05, 0) is 37.5 Å². The maximum absolute atomic E-state index is 11.5. The molecule has 1 aliphatic heterocycles. The maximum atomic E-state index is 11.5. The average molecular weight is 269 g/mol. The van der Waals surface area contributed by atoms with Crippen molar-refractivity contribution < 1.29 is 14.6 Å². The molecular formula is C15H27NO3. The van der Waals surface area contributed by atoms with Gasteiger partial charge in [-0.15, -0.1) is 0 Å². The first-order valence-corrected chi connectivity index (χ1v) is 7.61. The van der Waals surface area contributed by atoms with Gasteiger partial charge in [0.25, 0.3) is 0 Å². The number of hydrogen-bond donors (Lipinski definition) is 1. The standard InChI is InChI=1S/C15H27NO3/c1-11(10-19-2)9-16-13-6-4-3-5-12(13)7-8-14(16)15(17)18/h11-14H,3-10H2,1-2H3,(H,17,18). The van der Waals surface area contributed by atoms with Crippen LogP contribution in [0.4, 0.5) is 0 Å². The Labute approximate surface area is 116 Å². The molecule has 0 spiro atoms. The van der Waals surface area contributed by atoms with E-state index in [4.69, 9.17) is 4.74 Å². The molecule has 1 N–H and O–H groups in total. The van der Waals surface area contributed by atoms with Crippen LogP contribution in [-0.4, -0.2) is 48.3 Å². The van der Waals surface area contributed by atoms with E-state index in [1.807, 2.05) is 0 Å². The lowest BCUT2D eigenvalue weighted by molar-refractivity contribution is -0.148. The number of nitrogens with zero attached hydrogens (tertiary/aromatic N) is 1. The fraction of sp³-hybridized carbons (Fsp3) is 0.933. The van der Waals surface area contributed by atoms with E-state index in [0.717, 1.165) is 25.3 Å². The van der Waals surface area contributed by atoms with Gasteiger partial charge in [0.1, 0.15) is 6.04 Å². The minimum absolute atomic E-state index is 0.279. The quantitative estimate of drug-likeness (QED) is 0.832. The van der Waals surface area contributed by atoms with Gasteiger partial charge in [-0.3, -0.25) is 9.69 Å². The highest BCUT2D eigenvalue weighted by molar-refractivity contribution is 5.73. The molecular weight excluding hydrogens is 242 g/mol. The maximum Gasteiger partial charge on any atom is 0.320 e. The molecule has 4 unspecified atom stereocenters. The van der Waals surface area contributed by atoms with Crippen LogP contribution in [0.25, 0.3) is 0 Å². The van der Waals surface area contributed by atoms with Gasteiger partial charge in [0.05, 0.1) is 0 Å². The molecule has 2 aliphatic rings. The van der Waals surface area contributed by atoms with E-state index in [2.05, 4.69) is 11.8 Å². The Hall–Kier alpha value is -0.610. The average Bonchev–Trinajstić information content (AvgIpc) is 2.39. The molecule has 2 fully saturated rings. The lowest BCUT2D eigenvalue weighted by Gasteiger charge is -2.48. The molecule has 1 aliphatic carbocycles. The van der Waals surface area contributed by atoms with Crippen LogP contribution in [0.2, 0.25) is 0 Å². The summed E-state index contributed by atoms with van der Waals surface area (Å²) >= 11 is 0. The highest BCUT2D eigenvalue weighted by atomic mass is 16.5. The zero-order valence-electron chi connectivity index (χ0n) is 12.2. The fourth-order valence-corrected chi connectivity index (χ4v) is 3.96. The third kappa shape index (κ3) is 3.48. The van der Waals surface area contributed by atoms with Crippen LogP contribution in [0.1, 0.15) is 45.4 Å². The van der Waals surface area contributed by atoms with Crippen LogP contribution in [-0.2, 0) is 9.53 Å². The molecule has 4 atom stereocenters. The molecule has 0 radical (unpaired) electrons. The van der Waals surface area contributed by atoms with Crippen LogP contribution < -0.4 is 0 Å². The summed E-state index contributed by atoms with van der Waals surface area (Å²) in [5.41, 5.74) is 0. The van der Waals surface area contributed by atoms with Crippen molar-refractivity contribution >= 4 is 5.97 Å². The number of piperidine rings is 1. The number of rotatable bonds is 5. The normalized spacial score (nSPS) is 33.7. The number of carbonyl (C=O) groups is 1. The number of hydrogen-bond acceptors (Lipinski definition) is 3. The topological polar surface area (TPSA) is 49.8 Å². The summed E-state index contributed by atoms with van der Waals surface area (Å²) in [6.45, 7) is 3.71. The second-order valence-electron chi connectivity index (χ2n) is 6.30. The Balaban J connectivity index is 2.07.